The average Bonchev–Trinajstić information content (AvgIpc) is 3.53. The SMILES string of the molecule is COC(=O)Nc1ccc(-c2nc([C@H](C)NC(=O)C=Cc3cc(Cl)ccc3-n3cnnn3)[nH]c2Cl)cc1. The topological polar surface area (TPSA) is 140 Å². The number of hydrogen-bond donors (Lipinski definition) is 3. The van der Waals surface area contributed by atoms with Crippen molar-refractivity contribution >= 4 is 47.0 Å². The number of nitrogens with zero attached hydrogens (tertiary/aromatic N) is 5. The van der Waals surface area contributed by atoms with E-state index in [1.165, 1.54) is 24.2 Å². The molecule has 11 nitrogen and oxygen atoms in total. The van der Waals surface area contributed by atoms with Crippen molar-refractivity contribution in [3.8, 4) is 16.9 Å². The van der Waals surface area contributed by atoms with Crippen LogP contribution in [0.3, 0.4) is 0 Å². The molecule has 184 valence electrons. The molecular formula is C23H20Cl2N8O3. The number of anilines is 1. The van der Waals surface area contributed by atoms with Gasteiger partial charge in [0, 0.05) is 27.9 Å². The van der Waals surface area contributed by atoms with Gasteiger partial charge in [0.15, 0.2) is 0 Å². The molecule has 2 amide bonds. The van der Waals surface area contributed by atoms with Crippen LogP contribution in [0.15, 0.2) is 54.9 Å². The summed E-state index contributed by atoms with van der Waals surface area (Å²) < 4.78 is 6.05. The minimum absolute atomic E-state index is 0.320. The number of methoxy groups -OCH3 is 1. The lowest BCUT2D eigenvalue weighted by molar-refractivity contribution is -0.117. The van der Waals surface area contributed by atoms with E-state index in [4.69, 9.17) is 23.2 Å². The molecule has 2 aromatic heterocycles. The molecular weight excluding hydrogens is 507 g/mol. The second-order valence-corrected chi connectivity index (χ2v) is 8.31. The lowest BCUT2D eigenvalue weighted by Gasteiger charge is -2.10. The van der Waals surface area contributed by atoms with E-state index in [-0.39, 0.29) is 5.91 Å². The summed E-state index contributed by atoms with van der Waals surface area (Å²) >= 11 is 12.5. The number of ether oxygens (including phenoxy) is 1. The summed E-state index contributed by atoms with van der Waals surface area (Å²) in [5.41, 5.74) is 3.13. The summed E-state index contributed by atoms with van der Waals surface area (Å²) in [6.45, 7) is 1.78. The fourth-order valence-corrected chi connectivity index (χ4v) is 3.71. The minimum Gasteiger partial charge on any atom is -0.453 e. The van der Waals surface area contributed by atoms with Crippen molar-refractivity contribution in [1.29, 1.82) is 0 Å². The first kappa shape index (κ1) is 24.9. The van der Waals surface area contributed by atoms with Gasteiger partial charge in [-0.1, -0.05) is 35.3 Å². The highest BCUT2D eigenvalue weighted by atomic mass is 35.5. The maximum atomic E-state index is 12.6. The third-order valence-electron chi connectivity index (χ3n) is 5.04. The number of carbonyl (C=O) groups is 2. The molecule has 0 spiro atoms. The highest BCUT2D eigenvalue weighted by Crippen LogP contribution is 2.28. The Morgan fingerprint density at radius 3 is 2.64 bits per heavy atom. The largest absolute Gasteiger partial charge is 0.453 e. The van der Waals surface area contributed by atoms with Crippen molar-refractivity contribution in [3.63, 3.8) is 0 Å². The van der Waals surface area contributed by atoms with Gasteiger partial charge in [0.25, 0.3) is 0 Å². The molecule has 0 radical (unpaired) electrons. The first-order valence-electron chi connectivity index (χ1n) is 10.6. The van der Waals surface area contributed by atoms with E-state index in [2.05, 4.69) is 40.9 Å². The van der Waals surface area contributed by atoms with Crippen LogP contribution in [0.1, 0.15) is 24.4 Å². The Morgan fingerprint density at radius 1 is 1.17 bits per heavy atom. The van der Waals surface area contributed by atoms with Crippen LogP contribution in [0.2, 0.25) is 10.2 Å². The highest BCUT2D eigenvalue weighted by Gasteiger charge is 2.17. The smallest absolute Gasteiger partial charge is 0.411 e. The zero-order valence-electron chi connectivity index (χ0n) is 19.1. The Morgan fingerprint density at radius 2 is 1.94 bits per heavy atom. The van der Waals surface area contributed by atoms with Gasteiger partial charge in [0.2, 0.25) is 5.91 Å². The third-order valence-corrected chi connectivity index (χ3v) is 5.55. The molecule has 0 saturated carbocycles. The predicted octanol–water partition coefficient (Wildman–Crippen LogP) is 4.43. The van der Waals surface area contributed by atoms with Crippen LogP contribution in [-0.4, -0.2) is 49.3 Å². The number of nitrogens with one attached hydrogen (secondary N) is 3. The van der Waals surface area contributed by atoms with E-state index in [1.54, 1.807) is 55.5 Å². The predicted molar refractivity (Wildman–Crippen MR) is 135 cm³/mol. The van der Waals surface area contributed by atoms with E-state index in [0.29, 0.717) is 38.6 Å². The van der Waals surface area contributed by atoms with Crippen LogP contribution in [-0.2, 0) is 9.53 Å². The fraction of sp³-hybridized carbons (Fsp3) is 0.130. The Kier molecular flexibility index (Phi) is 7.62. The maximum Gasteiger partial charge on any atom is 0.411 e. The van der Waals surface area contributed by atoms with E-state index in [0.717, 1.165) is 5.56 Å². The van der Waals surface area contributed by atoms with E-state index in [9.17, 15) is 9.59 Å². The number of halogens is 2. The summed E-state index contributed by atoms with van der Waals surface area (Å²) in [5, 5.41) is 17.4. The van der Waals surface area contributed by atoms with Crippen LogP contribution in [0.5, 0.6) is 0 Å². The summed E-state index contributed by atoms with van der Waals surface area (Å²) in [4.78, 5) is 31.5. The van der Waals surface area contributed by atoms with Crippen LogP contribution in [0.25, 0.3) is 23.0 Å². The maximum absolute atomic E-state index is 12.6. The summed E-state index contributed by atoms with van der Waals surface area (Å²) in [7, 11) is 1.29. The number of imidazole rings is 1. The Labute approximate surface area is 215 Å². The number of aromatic amines is 1. The van der Waals surface area contributed by atoms with Gasteiger partial charge in [-0.3, -0.25) is 10.1 Å². The van der Waals surface area contributed by atoms with Crippen LogP contribution in [0, 0.1) is 0 Å². The third kappa shape index (κ3) is 5.88. The zero-order valence-corrected chi connectivity index (χ0v) is 20.6. The molecule has 2 heterocycles. The number of aromatic nitrogens is 6. The first-order valence-corrected chi connectivity index (χ1v) is 11.3. The standard InChI is InChI=1S/C23H20Cl2N8O3/c1-13(22-29-20(21(25)30-22)14-3-7-17(8-4-14)28-23(35)36-2)27-19(34)10-5-15-11-16(24)6-9-18(15)33-12-26-31-32-33/h3-13H,1-2H3,(H,27,34)(H,28,35)(H,29,30)/t13-/m0/s1. The van der Waals surface area contributed by atoms with Crippen molar-refractivity contribution < 1.29 is 14.3 Å². The molecule has 1 atom stereocenters. The van der Waals surface area contributed by atoms with Gasteiger partial charge in [-0.25, -0.2) is 9.78 Å². The number of H-pyrrole nitrogens is 1. The second-order valence-electron chi connectivity index (χ2n) is 7.50. The number of carbonyl (C=O) groups excluding carboxylic acids is 2. The molecule has 0 fully saturated rings. The molecule has 4 aromatic rings. The average molecular weight is 527 g/mol. The van der Waals surface area contributed by atoms with Crippen LogP contribution >= 0.6 is 23.2 Å². The Balaban J connectivity index is 1.45. The zero-order chi connectivity index (χ0) is 25.7. The normalized spacial score (nSPS) is 11.9. The lowest BCUT2D eigenvalue weighted by atomic mass is 10.1. The fourth-order valence-electron chi connectivity index (χ4n) is 3.28. The first-order chi connectivity index (χ1) is 17.3. The summed E-state index contributed by atoms with van der Waals surface area (Å²) in [6, 6.07) is 11.6. The second kappa shape index (κ2) is 11.0. The van der Waals surface area contributed by atoms with Crippen molar-refractivity contribution in [2.24, 2.45) is 0 Å². The Hall–Kier alpha value is -4.22. The molecule has 13 heteroatoms. The number of tetrazole rings is 1. The van der Waals surface area contributed by atoms with Gasteiger partial charge in [-0.15, -0.1) is 5.10 Å². The lowest BCUT2D eigenvalue weighted by Crippen LogP contribution is -2.25. The van der Waals surface area contributed by atoms with Gasteiger partial charge < -0.3 is 15.0 Å². The van der Waals surface area contributed by atoms with E-state index >= 15 is 0 Å². The molecule has 0 saturated heterocycles. The van der Waals surface area contributed by atoms with Crippen molar-refractivity contribution in [3.05, 3.63) is 76.4 Å². The molecule has 2 aromatic carbocycles. The number of amides is 2. The number of rotatable bonds is 7. The number of hydrogen-bond acceptors (Lipinski definition) is 7. The number of benzene rings is 2. The van der Waals surface area contributed by atoms with Crippen molar-refractivity contribution in [2.75, 3.05) is 12.4 Å². The van der Waals surface area contributed by atoms with Crippen molar-refractivity contribution in [1.82, 2.24) is 35.5 Å². The van der Waals surface area contributed by atoms with Crippen LogP contribution < -0.4 is 10.6 Å². The monoisotopic (exact) mass is 526 g/mol. The molecule has 0 bridgehead atoms. The van der Waals surface area contributed by atoms with E-state index in [1.807, 2.05) is 0 Å². The van der Waals surface area contributed by atoms with Gasteiger partial charge in [-0.2, -0.15) is 4.68 Å². The molecule has 0 aliphatic carbocycles. The molecule has 0 aliphatic rings. The van der Waals surface area contributed by atoms with Gasteiger partial charge in [0.05, 0.1) is 18.8 Å². The van der Waals surface area contributed by atoms with Gasteiger partial charge in [0.1, 0.15) is 23.0 Å². The summed E-state index contributed by atoms with van der Waals surface area (Å²) in [5.74, 6) is 0.128. The van der Waals surface area contributed by atoms with Gasteiger partial charge in [-0.05, 0) is 53.8 Å². The quantitative estimate of drug-likeness (QED) is 0.302. The van der Waals surface area contributed by atoms with Crippen LogP contribution in [0.4, 0.5) is 10.5 Å². The molecule has 3 N–H and O–H groups in total. The molecule has 4 rings (SSSR count). The Bertz CT molecular complexity index is 1400. The molecule has 36 heavy (non-hydrogen) atoms. The molecule has 0 aliphatic heterocycles. The molecule has 0 unspecified atom stereocenters. The minimum atomic E-state index is -0.566. The summed E-state index contributed by atoms with van der Waals surface area (Å²) in [6.07, 6.45) is 3.89. The highest BCUT2D eigenvalue weighted by molar-refractivity contribution is 6.32. The van der Waals surface area contributed by atoms with E-state index < -0.39 is 12.1 Å². The van der Waals surface area contributed by atoms with Gasteiger partial charge >= 0.3 is 6.09 Å². The van der Waals surface area contributed by atoms with Crippen molar-refractivity contribution in [2.45, 2.75) is 13.0 Å².